The fraction of sp³-hybridized carbons (Fsp3) is 0.241. The van der Waals surface area contributed by atoms with Crippen LogP contribution in [0.4, 0.5) is 0 Å². The number of halogens is 1. The van der Waals surface area contributed by atoms with Crippen LogP contribution < -0.4 is 11.1 Å². The molecule has 0 spiro atoms. The second-order valence-electron chi connectivity index (χ2n) is 9.87. The Hall–Kier alpha value is -3.66. The molecule has 0 saturated heterocycles. The number of H-pyrrole nitrogens is 1. The van der Waals surface area contributed by atoms with Crippen LogP contribution in [0.2, 0.25) is 0 Å². The Kier molecular flexibility index (Phi) is 6.78. The monoisotopic (exact) mass is 565 g/mol. The van der Waals surface area contributed by atoms with Crippen LogP contribution in [-0.2, 0) is 28.4 Å². The SMILES string of the molecule is COCc1ccc(-c2cn(C)c(=O)cc2C2=CC(Cl)C(C)(S(=O)(=O)n3ccc4cc[nH]c(=O)c43)C(C)=C2)cc1. The number of hydrogen-bond acceptors (Lipinski definition) is 5. The number of fused-ring (bicyclic) bond motifs is 1. The zero-order valence-corrected chi connectivity index (χ0v) is 23.5. The lowest BCUT2D eigenvalue weighted by Crippen LogP contribution is -2.48. The van der Waals surface area contributed by atoms with Crippen LogP contribution in [0, 0.1) is 0 Å². The molecule has 202 valence electrons. The number of nitrogens with zero attached hydrogens (tertiary/aromatic N) is 2. The molecule has 0 saturated carbocycles. The zero-order valence-electron chi connectivity index (χ0n) is 21.9. The number of rotatable bonds is 6. The largest absolute Gasteiger partial charge is 0.380 e. The first-order valence-electron chi connectivity index (χ1n) is 12.3. The molecule has 8 nitrogen and oxygen atoms in total. The van der Waals surface area contributed by atoms with Gasteiger partial charge >= 0.3 is 0 Å². The van der Waals surface area contributed by atoms with Gasteiger partial charge in [0.15, 0.2) is 0 Å². The van der Waals surface area contributed by atoms with Gasteiger partial charge in [-0.05, 0) is 53.8 Å². The van der Waals surface area contributed by atoms with E-state index in [-0.39, 0.29) is 11.1 Å². The van der Waals surface area contributed by atoms with Gasteiger partial charge < -0.3 is 14.3 Å². The number of aromatic nitrogens is 3. The van der Waals surface area contributed by atoms with Crippen LogP contribution in [0.1, 0.15) is 25.0 Å². The fourth-order valence-electron chi connectivity index (χ4n) is 4.99. The molecule has 0 aliphatic heterocycles. The topological polar surface area (TPSA) is 103 Å². The summed E-state index contributed by atoms with van der Waals surface area (Å²) in [6.45, 7) is 3.74. The van der Waals surface area contributed by atoms with Crippen molar-refractivity contribution < 1.29 is 13.2 Å². The third-order valence-corrected chi connectivity index (χ3v) is 10.7. The maximum absolute atomic E-state index is 14.1. The van der Waals surface area contributed by atoms with Gasteiger partial charge in [0.05, 0.1) is 12.0 Å². The summed E-state index contributed by atoms with van der Waals surface area (Å²) < 4.78 is 34.3. The molecule has 2 atom stereocenters. The van der Waals surface area contributed by atoms with Crippen molar-refractivity contribution in [3.8, 4) is 11.1 Å². The predicted octanol–water partition coefficient (Wildman–Crippen LogP) is 4.43. The molecular formula is C29H28ClN3O5S. The molecule has 5 rings (SSSR count). The van der Waals surface area contributed by atoms with Crippen molar-refractivity contribution in [2.45, 2.75) is 30.6 Å². The number of alkyl halides is 1. The second-order valence-corrected chi connectivity index (χ2v) is 12.5. The normalized spacial score (nSPS) is 19.7. The lowest BCUT2D eigenvalue weighted by Gasteiger charge is -2.37. The molecule has 0 bridgehead atoms. The van der Waals surface area contributed by atoms with Gasteiger partial charge in [-0.2, -0.15) is 0 Å². The minimum absolute atomic E-state index is 0.0379. The van der Waals surface area contributed by atoms with Gasteiger partial charge in [0, 0.05) is 49.8 Å². The fourth-order valence-corrected chi connectivity index (χ4v) is 7.51. The Morgan fingerprint density at radius 1 is 1.10 bits per heavy atom. The van der Waals surface area contributed by atoms with E-state index in [9.17, 15) is 18.0 Å². The van der Waals surface area contributed by atoms with Crippen molar-refractivity contribution in [2.75, 3.05) is 7.11 Å². The van der Waals surface area contributed by atoms with Crippen LogP contribution in [0.25, 0.3) is 27.6 Å². The predicted molar refractivity (Wildman–Crippen MR) is 154 cm³/mol. The molecule has 0 amide bonds. The van der Waals surface area contributed by atoms with Crippen LogP contribution in [0.5, 0.6) is 0 Å². The van der Waals surface area contributed by atoms with E-state index in [0.29, 0.717) is 28.7 Å². The first kappa shape index (κ1) is 26.9. The summed E-state index contributed by atoms with van der Waals surface area (Å²) in [7, 11) is -0.866. The molecule has 0 radical (unpaired) electrons. The van der Waals surface area contributed by atoms with Crippen molar-refractivity contribution in [3.63, 3.8) is 0 Å². The lowest BCUT2D eigenvalue weighted by atomic mass is 9.85. The first-order valence-corrected chi connectivity index (χ1v) is 14.1. The quantitative estimate of drug-likeness (QED) is 0.348. The number of hydrogen-bond donors (Lipinski definition) is 1. The number of benzene rings is 1. The van der Waals surface area contributed by atoms with E-state index in [1.54, 1.807) is 58.5 Å². The van der Waals surface area contributed by atoms with Gasteiger partial charge in [-0.15, -0.1) is 11.6 Å². The number of nitrogens with one attached hydrogen (secondary N) is 1. The Balaban J connectivity index is 1.62. The van der Waals surface area contributed by atoms with Crippen LogP contribution >= 0.6 is 11.6 Å². The maximum atomic E-state index is 14.1. The van der Waals surface area contributed by atoms with E-state index in [1.165, 1.54) is 23.0 Å². The van der Waals surface area contributed by atoms with Gasteiger partial charge in [-0.25, -0.2) is 12.4 Å². The molecular weight excluding hydrogens is 538 g/mol. The highest BCUT2D eigenvalue weighted by atomic mass is 35.5. The van der Waals surface area contributed by atoms with Gasteiger partial charge in [0.25, 0.3) is 11.1 Å². The van der Waals surface area contributed by atoms with Crippen molar-refractivity contribution in [1.29, 1.82) is 0 Å². The molecule has 10 heteroatoms. The van der Waals surface area contributed by atoms with Crippen molar-refractivity contribution in [2.24, 2.45) is 7.05 Å². The van der Waals surface area contributed by atoms with Gasteiger partial charge in [0.1, 0.15) is 10.3 Å². The van der Waals surface area contributed by atoms with Crippen LogP contribution in [0.15, 0.2) is 88.4 Å². The summed E-state index contributed by atoms with van der Waals surface area (Å²) >= 11 is 6.89. The van der Waals surface area contributed by atoms with Gasteiger partial charge in [0.2, 0.25) is 10.0 Å². The first-order chi connectivity index (χ1) is 18.5. The number of allylic oxidation sites excluding steroid dienone is 3. The highest BCUT2D eigenvalue weighted by Gasteiger charge is 2.49. The van der Waals surface area contributed by atoms with Crippen molar-refractivity contribution >= 4 is 38.1 Å². The van der Waals surface area contributed by atoms with Crippen molar-refractivity contribution in [3.05, 3.63) is 111 Å². The zero-order chi connectivity index (χ0) is 28.1. The molecule has 3 heterocycles. The number of methoxy groups -OCH3 is 1. The minimum atomic E-state index is -4.18. The molecule has 4 aromatic rings. The smallest absolute Gasteiger partial charge is 0.273 e. The van der Waals surface area contributed by atoms with E-state index >= 15 is 0 Å². The molecule has 2 unspecified atom stereocenters. The number of aryl methyl sites for hydroxylation is 1. The summed E-state index contributed by atoms with van der Waals surface area (Å²) in [5.74, 6) is 0. The maximum Gasteiger partial charge on any atom is 0.273 e. The Morgan fingerprint density at radius 2 is 1.82 bits per heavy atom. The summed E-state index contributed by atoms with van der Waals surface area (Å²) in [6.07, 6.45) is 8.03. The lowest BCUT2D eigenvalue weighted by molar-refractivity contribution is 0.185. The number of ether oxygens (including phenoxy) is 1. The van der Waals surface area contributed by atoms with E-state index in [4.69, 9.17) is 16.3 Å². The molecule has 1 N–H and O–H groups in total. The highest BCUT2D eigenvalue weighted by molar-refractivity contribution is 7.91. The summed E-state index contributed by atoms with van der Waals surface area (Å²) in [5, 5.41) is -0.490. The van der Waals surface area contributed by atoms with E-state index in [1.807, 2.05) is 24.3 Å². The number of aromatic amines is 1. The van der Waals surface area contributed by atoms with Crippen LogP contribution in [0.3, 0.4) is 0 Å². The Morgan fingerprint density at radius 3 is 2.49 bits per heavy atom. The molecule has 3 aromatic heterocycles. The van der Waals surface area contributed by atoms with E-state index in [0.717, 1.165) is 20.7 Å². The second kappa shape index (κ2) is 9.82. The molecule has 39 heavy (non-hydrogen) atoms. The third-order valence-electron chi connectivity index (χ3n) is 7.49. The Bertz CT molecular complexity index is 1880. The average Bonchev–Trinajstić information content (AvgIpc) is 3.35. The van der Waals surface area contributed by atoms with E-state index in [2.05, 4.69) is 4.98 Å². The number of pyridine rings is 2. The summed E-state index contributed by atoms with van der Waals surface area (Å²) in [4.78, 5) is 27.8. The Labute approximate surface area is 230 Å². The van der Waals surface area contributed by atoms with Crippen LogP contribution in [-0.4, -0.2) is 39.2 Å². The molecule has 1 aromatic carbocycles. The third kappa shape index (κ3) is 4.30. The summed E-state index contributed by atoms with van der Waals surface area (Å²) in [6, 6.07) is 12.6. The summed E-state index contributed by atoms with van der Waals surface area (Å²) in [5.41, 5.74) is 3.79. The molecule has 0 fully saturated rings. The minimum Gasteiger partial charge on any atom is -0.380 e. The highest BCUT2D eigenvalue weighted by Crippen LogP contribution is 2.43. The molecule has 1 aliphatic carbocycles. The van der Waals surface area contributed by atoms with Gasteiger partial charge in [-0.1, -0.05) is 36.4 Å². The van der Waals surface area contributed by atoms with Crippen molar-refractivity contribution in [1.82, 2.24) is 13.5 Å². The standard InChI is InChI=1S/C29H28ClN3O5S/c1-18-13-22(23-15-26(34)32(3)16-24(23)20-7-5-19(6-8-20)17-38-4)14-25(30)29(18,2)39(36,37)33-12-10-21-9-11-31-28(35)27(21)33/h5-16,25H,17H2,1-4H3,(H,31,35). The van der Waals surface area contributed by atoms with E-state index < -0.39 is 25.7 Å². The molecule has 1 aliphatic rings. The average molecular weight is 566 g/mol. The van der Waals surface area contributed by atoms with Gasteiger partial charge in [-0.3, -0.25) is 9.59 Å².